The highest BCUT2D eigenvalue weighted by Crippen LogP contribution is 2.23. The number of nitrogens with zero attached hydrogens (tertiary/aromatic N) is 1. The first-order valence-corrected chi connectivity index (χ1v) is 6.21. The van der Waals surface area contributed by atoms with E-state index in [1.807, 2.05) is 6.92 Å². The van der Waals surface area contributed by atoms with Crippen molar-refractivity contribution in [2.45, 2.75) is 31.9 Å². The van der Waals surface area contributed by atoms with E-state index < -0.39 is 5.97 Å². The van der Waals surface area contributed by atoms with Crippen LogP contribution in [0.15, 0.2) is 18.5 Å². The lowest BCUT2D eigenvalue weighted by Crippen LogP contribution is -2.48. The fourth-order valence-corrected chi connectivity index (χ4v) is 2.08. The number of aromatic nitrogens is 1. The average molecular weight is 264 g/mol. The summed E-state index contributed by atoms with van der Waals surface area (Å²) in [7, 11) is 0. The zero-order chi connectivity index (χ0) is 13.8. The number of carboxylic acids is 1. The Balaban J connectivity index is 1.96. The summed E-state index contributed by atoms with van der Waals surface area (Å²) in [6, 6.07) is 1.47. The van der Waals surface area contributed by atoms with E-state index in [0.717, 1.165) is 12.8 Å². The zero-order valence-electron chi connectivity index (χ0n) is 10.6. The number of carbonyl (C=O) groups is 2. The largest absolute Gasteiger partial charge is 0.478 e. The van der Waals surface area contributed by atoms with E-state index >= 15 is 0 Å². The minimum Gasteiger partial charge on any atom is -0.478 e. The summed E-state index contributed by atoms with van der Waals surface area (Å²) >= 11 is 0. The summed E-state index contributed by atoms with van der Waals surface area (Å²) in [4.78, 5) is 26.7. The van der Waals surface area contributed by atoms with Crippen LogP contribution < -0.4 is 5.32 Å². The smallest absolute Gasteiger partial charge is 0.338 e. The van der Waals surface area contributed by atoms with Gasteiger partial charge in [0.25, 0.3) is 5.91 Å². The van der Waals surface area contributed by atoms with Crippen LogP contribution in [0.5, 0.6) is 0 Å². The molecule has 0 atom stereocenters. The topological polar surface area (TPSA) is 88.5 Å². The number of ether oxygens (including phenoxy) is 1. The standard InChI is InChI=1S/C13H16N2O4/c1-2-19-9-5-8(6-9)15-12(16)10-3-4-14-7-11(10)13(17)18/h3-4,7-9H,2,5-6H2,1H3,(H,15,16)(H,17,18). The summed E-state index contributed by atoms with van der Waals surface area (Å²) in [6.45, 7) is 2.60. The molecule has 0 spiro atoms. The third-order valence-electron chi connectivity index (χ3n) is 3.13. The molecule has 19 heavy (non-hydrogen) atoms. The number of aromatic carboxylic acids is 1. The molecule has 1 heterocycles. The zero-order valence-corrected chi connectivity index (χ0v) is 10.6. The predicted molar refractivity (Wildman–Crippen MR) is 67.1 cm³/mol. The Morgan fingerprint density at radius 3 is 2.84 bits per heavy atom. The summed E-state index contributed by atoms with van der Waals surface area (Å²) in [6.07, 6.45) is 4.33. The van der Waals surface area contributed by atoms with Crippen LogP contribution in [0.4, 0.5) is 0 Å². The molecule has 1 aliphatic carbocycles. The molecule has 6 heteroatoms. The van der Waals surface area contributed by atoms with Gasteiger partial charge in [-0.05, 0) is 25.8 Å². The number of nitrogens with one attached hydrogen (secondary N) is 1. The summed E-state index contributed by atoms with van der Waals surface area (Å²) in [5.74, 6) is -1.53. The van der Waals surface area contributed by atoms with Crippen molar-refractivity contribution in [2.24, 2.45) is 0 Å². The first kappa shape index (κ1) is 13.5. The maximum atomic E-state index is 12.0. The van der Waals surface area contributed by atoms with Crippen LogP contribution in [0.1, 0.15) is 40.5 Å². The SMILES string of the molecule is CCOC1CC(NC(=O)c2ccncc2C(=O)O)C1. The van der Waals surface area contributed by atoms with Crippen molar-refractivity contribution in [1.82, 2.24) is 10.3 Å². The van der Waals surface area contributed by atoms with Gasteiger partial charge < -0.3 is 15.2 Å². The molecule has 2 rings (SSSR count). The van der Waals surface area contributed by atoms with Gasteiger partial charge in [-0.15, -0.1) is 0 Å². The molecule has 0 radical (unpaired) electrons. The highest BCUT2D eigenvalue weighted by molar-refractivity contribution is 6.04. The predicted octanol–water partition coefficient (Wildman–Crippen LogP) is 1.08. The number of amides is 1. The van der Waals surface area contributed by atoms with Gasteiger partial charge in [0.2, 0.25) is 0 Å². The first-order chi connectivity index (χ1) is 9.11. The molecule has 1 aromatic rings. The van der Waals surface area contributed by atoms with Crippen LogP contribution in [0.3, 0.4) is 0 Å². The van der Waals surface area contributed by atoms with Gasteiger partial charge in [-0.3, -0.25) is 9.78 Å². The van der Waals surface area contributed by atoms with Gasteiger partial charge in [-0.2, -0.15) is 0 Å². The van der Waals surface area contributed by atoms with Gasteiger partial charge in [-0.1, -0.05) is 0 Å². The molecule has 1 aromatic heterocycles. The van der Waals surface area contributed by atoms with E-state index in [4.69, 9.17) is 9.84 Å². The van der Waals surface area contributed by atoms with E-state index in [-0.39, 0.29) is 29.2 Å². The normalized spacial score (nSPS) is 21.5. The first-order valence-electron chi connectivity index (χ1n) is 6.21. The molecule has 0 unspecified atom stereocenters. The van der Waals surface area contributed by atoms with Gasteiger partial charge >= 0.3 is 5.97 Å². The summed E-state index contributed by atoms with van der Waals surface area (Å²) in [5, 5.41) is 11.8. The maximum absolute atomic E-state index is 12.0. The molecule has 1 amide bonds. The number of hydrogen-bond donors (Lipinski definition) is 2. The molecule has 1 saturated carbocycles. The van der Waals surface area contributed by atoms with E-state index in [2.05, 4.69) is 10.3 Å². The Bertz CT molecular complexity index is 483. The molecule has 0 saturated heterocycles. The van der Waals surface area contributed by atoms with E-state index in [0.29, 0.717) is 6.61 Å². The molecule has 0 bridgehead atoms. The number of carboxylic acid groups (broad SMARTS) is 1. The molecule has 1 aliphatic rings. The van der Waals surface area contributed by atoms with Crippen molar-refractivity contribution in [1.29, 1.82) is 0 Å². The van der Waals surface area contributed by atoms with Gasteiger partial charge in [-0.25, -0.2) is 4.79 Å². The van der Waals surface area contributed by atoms with Crippen LogP contribution in [0, 0.1) is 0 Å². The van der Waals surface area contributed by atoms with Gasteiger partial charge in [0.05, 0.1) is 17.2 Å². The highest BCUT2D eigenvalue weighted by atomic mass is 16.5. The summed E-state index contributed by atoms with van der Waals surface area (Å²) < 4.78 is 5.40. The van der Waals surface area contributed by atoms with Crippen molar-refractivity contribution >= 4 is 11.9 Å². The van der Waals surface area contributed by atoms with Crippen LogP contribution in [-0.2, 0) is 4.74 Å². The van der Waals surface area contributed by atoms with Gasteiger partial charge in [0, 0.05) is 25.0 Å². The lowest BCUT2D eigenvalue weighted by Gasteiger charge is -2.35. The monoisotopic (exact) mass is 264 g/mol. The van der Waals surface area contributed by atoms with Gasteiger partial charge in [0.1, 0.15) is 0 Å². The molecule has 1 fully saturated rings. The number of pyridine rings is 1. The van der Waals surface area contributed by atoms with Crippen LogP contribution in [0.2, 0.25) is 0 Å². The number of carbonyl (C=O) groups excluding carboxylic acids is 1. The minimum absolute atomic E-state index is 0.0545. The van der Waals surface area contributed by atoms with Crippen LogP contribution in [0.25, 0.3) is 0 Å². The second-order valence-corrected chi connectivity index (χ2v) is 4.45. The van der Waals surface area contributed by atoms with Gasteiger partial charge in [0.15, 0.2) is 0 Å². The van der Waals surface area contributed by atoms with Crippen LogP contribution in [-0.4, -0.2) is 40.7 Å². The van der Waals surface area contributed by atoms with Crippen LogP contribution >= 0.6 is 0 Å². The van der Waals surface area contributed by atoms with Crippen molar-refractivity contribution < 1.29 is 19.4 Å². The van der Waals surface area contributed by atoms with Crippen molar-refractivity contribution in [3.8, 4) is 0 Å². The Morgan fingerprint density at radius 1 is 1.47 bits per heavy atom. The molecule has 0 aromatic carbocycles. The van der Waals surface area contributed by atoms with Crippen molar-refractivity contribution in [2.75, 3.05) is 6.61 Å². The number of rotatable bonds is 5. The maximum Gasteiger partial charge on any atom is 0.338 e. The van der Waals surface area contributed by atoms with Crippen molar-refractivity contribution in [3.63, 3.8) is 0 Å². The Labute approximate surface area is 110 Å². The van der Waals surface area contributed by atoms with E-state index in [1.54, 1.807) is 0 Å². The quantitative estimate of drug-likeness (QED) is 0.830. The Hall–Kier alpha value is -1.95. The minimum atomic E-state index is -1.15. The fraction of sp³-hybridized carbons (Fsp3) is 0.462. The fourth-order valence-electron chi connectivity index (χ4n) is 2.08. The number of hydrogen-bond acceptors (Lipinski definition) is 4. The van der Waals surface area contributed by atoms with E-state index in [1.165, 1.54) is 18.5 Å². The Kier molecular flexibility index (Phi) is 4.11. The molecule has 102 valence electrons. The third kappa shape index (κ3) is 3.08. The second kappa shape index (κ2) is 5.79. The molecular formula is C13H16N2O4. The molecular weight excluding hydrogens is 248 g/mol. The molecule has 0 aliphatic heterocycles. The highest BCUT2D eigenvalue weighted by Gasteiger charge is 2.31. The second-order valence-electron chi connectivity index (χ2n) is 4.45. The Morgan fingerprint density at radius 2 is 2.21 bits per heavy atom. The average Bonchev–Trinajstić information content (AvgIpc) is 2.36. The third-order valence-corrected chi connectivity index (χ3v) is 3.13. The summed E-state index contributed by atoms with van der Waals surface area (Å²) in [5.41, 5.74) is 0.0584. The van der Waals surface area contributed by atoms with E-state index in [9.17, 15) is 9.59 Å². The molecule has 6 nitrogen and oxygen atoms in total. The lowest BCUT2D eigenvalue weighted by atomic mass is 9.89. The molecule has 2 N–H and O–H groups in total. The van der Waals surface area contributed by atoms with Crippen molar-refractivity contribution in [3.05, 3.63) is 29.6 Å². The lowest BCUT2D eigenvalue weighted by molar-refractivity contribution is -0.00865.